The largest absolute Gasteiger partial charge is 0.366 e. The molecule has 0 saturated carbocycles. The summed E-state index contributed by atoms with van der Waals surface area (Å²) in [5.41, 5.74) is 8.84. The lowest BCUT2D eigenvalue weighted by molar-refractivity contribution is 0.0999. The number of hydrogen-bond acceptors (Lipinski definition) is 2. The smallest absolute Gasteiger partial charge is 0.250 e. The molecule has 21 heavy (non-hydrogen) atoms. The van der Waals surface area contributed by atoms with Crippen molar-refractivity contribution in [1.29, 1.82) is 0 Å². The Morgan fingerprint density at radius 1 is 1.33 bits per heavy atom. The van der Waals surface area contributed by atoms with Gasteiger partial charge < -0.3 is 5.73 Å². The summed E-state index contributed by atoms with van der Waals surface area (Å²) in [5.74, 6) is -0.432. The molecule has 0 bridgehead atoms. The number of amides is 1. The molecule has 108 valence electrons. The molecule has 0 aliphatic carbocycles. The first-order valence-corrected chi connectivity index (χ1v) is 7.16. The van der Waals surface area contributed by atoms with Crippen molar-refractivity contribution in [3.8, 4) is 0 Å². The zero-order chi connectivity index (χ0) is 15.2. The van der Waals surface area contributed by atoms with Crippen molar-refractivity contribution >= 4 is 16.8 Å². The third-order valence-corrected chi connectivity index (χ3v) is 3.49. The Morgan fingerprint density at radius 2 is 2.10 bits per heavy atom. The average molecular weight is 280 g/mol. The van der Waals surface area contributed by atoms with Gasteiger partial charge >= 0.3 is 0 Å². The predicted octanol–water partition coefficient (Wildman–Crippen LogP) is 3.79. The van der Waals surface area contributed by atoms with Crippen molar-refractivity contribution in [1.82, 2.24) is 4.98 Å². The van der Waals surface area contributed by atoms with Crippen LogP contribution in [0.4, 0.5) is 0 Å². The summed E-state index contributed by atoms with van der Waals surface area (Å²) in [5, 5.41) is 0.932. The lowest BCUT2D eigenvalue weighted by atomic mass is 10.1. The van der Waals surface area contributed by atoms with Gasteiger partial charge in [0, 0.05) is 11.8 Å². The molecule has 0 atom stereocenters. The van der Waals surface area contributed by atoms with Crippen molar-refractivity contribution < 1.29 is 4.79 Å². The average Bonchev–Trinajstić information content (AvgIpc) is 2.50. The van der Waals surface area contributed by atoms with Crippen LogP contribution in [0.15, 0.2) is 54.1 Å². The fourth-order valence-corrected chi connectivity index (χ4v) is 2.26. The van der Waals surface area contributed by atoms with E-state index < -0.39 is 5.91 Å². The van der Waals surface area contributed by atoms with E-state index in [-0.39, 0.29) is 0 Å². The van der Waals surface area contributed by atoms with Gasteiger partial charge in [0.2, 0.25) is 0 Å². The maximum atomic E-state index is 11.6. The van der Waals surface area contributed by atoms with Gasteiger partial charge in [-0.15, -0.1) is 0 Å². The van der Waals surface area contributed by atoms with Crippen LogP contribution in [0, 0.1) is 0 Å². The second-order valence-corrected chi connectivity index (χ2v) is 4.86. The number of primary amides is 1. The van der Waals surface area contributed by atoms with Crippen molar-refractivity contribution in [2.45, 2.75) is 26.7 Å². The summed E-state index contributed by atoms with van der Waals surface area (Å²) in [4.78, 5) is 16.2. The number of pyridine rings is 1. The molecule has 2 aromatic rings. The van der Waals surface area contributed by atoms with Crippen LogP contribution in [0.2, 0.25) is 0 Å². The highest BCUT2D eigenvalue weighted by molar-refractivity contribution is 5.97. The second kappa shape index (κ2) is 6.84. The van der Waals surface area contributed by atoms with Gasteiger partial charge in [0.05, 0.1) is 16.8 Å². The number of rotatable bonds is 5. The molecule has 0 unspecified atom stereocenters. The molecule has 3 nitrogen and oxygen atoms in total. The standard InChI is InChI=1S/C18H20N2O/c1-3-13(4-2)8-7-11-17-15(18(19)21)12-14-9-5-6-10-16(14)20-17/h3,5-10,12H,4,11H2,1-2H3,(H2,19,21)/b8-7+,13-3+. The first kappa shape index (κ1) is 15.0. The van der Waals surface area contributed by atoms with E-state index in [2.05, 4.69) is 24.1 Å². The highest BCUT2D eigenvalue weighted by Crippen LogP contribution is 2.17. The molecule has 3 heteroatoms. The number of benzene rings is 1. The molecule has 2 N–H and O–H groups in total. The zero-order valence-corrected chi connectivity index (χ0v) is 12.5. The summed E-state index contributed by atoms with van der Waals surface area (Å²) in [6.07, 6.45) is 7.77. The van der Waals surface area contributed by atoms with E-state index >= 15 is 0 Å². The van der Waals surface area contributed by atoms with E-state index in [9.17, 15) is 4.79 Å². The maximum Gasteiger partial charge on any atom is 0.250 e. The molecule has 1 amide bonds. The van der Waals surface area contributed by atoms with E-state index in [0.29, 0.717) is 12.0 Å². The first-order chi connectivity index (χ1) is 10.2. The molecular formula is C18H20N2O. The summed E-state index contributed by atoms with van der Waals surface area (Å²) in [6.45, 7) is 4.13. The highest BCUT2D eigenvalue weighted by Gasteiger charge is 2.10. The lowest BCUT2D eigenvalue weighted by Gasteiger charge is -2.06. The van der Waals surface area contributed by atoms with Crippen LogP contribution in [0.3, 0.4) is 0 Å². The molecule has 0 radical (unpaired) electrons. The fraction of sp³-hybridized carbons (Fsp3) is 0.222. The Labute approximate surface area is 125 Å². The van der Waals surface area contributed by atoms with Gasteiger partial charge in [-0.2, -0.15) is 0 Å². The van der Waals surface area contributed by atoms with Gasteiger partial charge in [0.25, 0.3) is 5.91 Å². The Kier molecular flexibility index (Phi) is 4.88. The van der Waals surface area contributed by atoms with Gasteiger partial charge in [0.1, 0.15) is 0 Å². The van der Waals surface area contributed by atoms with E-state index in [4.69, 9.17) is 5.73 Å². The van der Waals surface area contributed by atoms with Crippen molar-refractivity contribution in [2.75, 3.05) is 0 Å². The lowest BCUT2D eigenvalue weighted by Crippen LogP contribution is -2.14. The fourth-order valence-electron chi connectivity index (χ4n) is 2.26. The van der Waals surface area contributed by atoms with Gasteiger partial charge in [0.15, 0.2) is 0 Å². The predicted molar refractivity (Wildman–Crippen MR) is 87.2 cm³/mol. The van der Waals surface area contributed by atoms with Crippen LogP contribution in [0.5, 0.6) is 0 Å². The summed E-state index contributed by atoms with van der Waals surface area (Å²) < 4.78 is 0. The molecule has 1 aromatic heterocycles. The topological polar surface area (TPSA) is 56.0 Å². The molecule has 0 saturated heterocycles. The number of aromatic nitrogens is 1. The number of carbonyl (C=O) groups is 1. The summed E-state index contributed by atoms with van der Waals surface area (Å²) in [7, 11) is 0. The molecule has 0 aliphatic rings. The number of nitrogens with zero attached hydrogens (tertiary/aromatic N) is 1. The number of para-hydroxylation sites is 1. The molecule has 0 aliphatic heterocycles. The Balaban J connectivity index is 2.37. The third kappa shape index (κ3) is 3.57. The molecular weight excluding hydrogens is 260 g/mol. The van der Waals surface area contributed by atoms with Gasteiger partial charge in [-0.3, -0.25) is 9.78 Å². The van der Waals surface area contributed by atoms with Crippen LogP contribution >= 0.6 is 0 Å². The van der Waals surface area contributed by atoms with Crippen LogP contribution < -0.4 is 5.73 Å². The monoisotopic (exact) mass is 280 g/mol. The Bertz CT molecular complexity index is 714. The molecule has 0 fully saturated rings. The zero-order valence-electron chi connectivity index (χ0n) is 12.5. The number of hydrogen-bond donors (Lipinski definition) is 1. The van der Waals surface area contributed by atoms with Crippen LogP contribution in [-0.4, -0.2) is 10.9 Å². The first-order valence-electron chi connectivity index (χ1n) is 7.16. The maximum absolute atomic E-state index is 11.6. The normalized spacial score (nSPS) is 12.2. The Hall–Kier alpha value is -2.42. The van der Waals surface area contributed by atoms with E-state index in [1.807, 2.05) is 43.3 Å². The van der Waals surface area contributed by atoms with E-state index in [1.54, 1.807) is 0 Å². The number of fused-ring (bicyclic) bond motifs is 1. The van der Waals surface area contributed by atoms with E-state index in [0.717, 1.165) is 23.0 Å². The minimum Gasteiger partial charge on any atom is -0.366 e. The van der Waals surface area contributed by atoms with Crippen molar-refractivity contribution in [2.24, 2.45) is 5.73 Å². The molecule has 2 rings (SSSR count). The minimum atomic E-state index is -0.432. The summed E-state index contributed by atoms with van der Waals surface area (Å²) >= 11 is 0. The van der Waals surface area contributed by atoms with Crippen LogP contribution in [0.25, 0.3) is 10.9 Å². The molecule has 0 spiro atoms. The number of nitrogens with two attached hydrogens (primary N) is 1. The Morgan fingerprint density at radius 3 is 2.76 bits per heavy atom. The minimum absolute atomic E-state index is 0.432. The van der Waals surface area contributed by atoms with E-state index in [1.165, 1.54) is 5.57 Å². The SMILES string of the molecule is C/C=C(/C=C/Cc1nc2ccccc2cc1C(N)=O)CC. The molecule has 1 heterocycles. The van der Waals surface area contributed by atoms with Crippen LogP contribution in [0.1, 0.15) is 36.3 Å². The second-order valence-electron chi connectivity index (χ2n) is 4.86. The number of allylic oxidation sites excluding steroid dienone is 4. The molecule has 1 aromatic carbocycles. The number of carbonyl (C=O) groups excluding carboxylic acids is 1. The van der Waals surface area contributed by atoms with Crippen LogP contribution in [-0.2, 0) is 6.42 Å². The van der Waals surface area contributed by atoms with Crippen molar-refractivity contribution in [3.05, 3.63) is 65.4 Å². The third-order valence-electron chi connectivity index (χ3n) is 3.49. The van der Waals surface area contributed by atoms with Gasteiger partial charge in [-0.1, -0.05) is 48.9 Å². The van der Waals surface area contributed by atoms with Gasteiger partial charge in [-0.05, 0) is 25.5 Å². The van der Waals surface area contributed by atoms with Gasteiger partial charge in [-0.25, -0.2) is 0 Å². The summed E-state index contributed by atoms with van der Waals surface area (Å²) in [6, 6.07) is 9.56. The quantitative estimate of drug-likeness (QED) is 0.847. The highest BCUT2D eigenvalue weighted by atomic mass is 16.1. The van der Waals surface area contributed by atoms with Crippen molar-refractivity contribution in [3.63, 3.8) is 0 Å².